The van der Waals surface area contributed by atoms with Crippen LogP contribution in [0.25, 0.3) is 11.0 Å². The van der Waals surface area contributed by atoms with Crippen LogP contribution < -0.4 is 5.73 Å². The minimum Gasteiger partial charge on any atom is -0.336 e. The first-order chi connectivity index (χ1) is 14.4. The van der Waals surface area contributed by atoms with Crippen LogP contribution in [0.15, 0.2) is 47.4 Å². The zero-order chi connectivity index (χ0) is 23.0. The number of hydrogen-bond acceptors (Lipinski definition) is 5. The van der Waals surface area contributed by atoms with Crippen molar-refractivity contribution in [1.29, 1.82) is 0 Å². The average Bonchev–Trinajstić information content (AvgIpc) is 2.92. The van der Waals surface area contributed by atoms with Crippen molar-refractivity contribution >= 4 is 58.1 Å². The number of fused-ring (bicyclic) bond motifs is 1. The predicted octanol–water partition coefficient (Wildman–Crippen LogP) is 4.83. The fourth-order valence-corrected chi connectivity index (χ4v) is 3.82. The van der Waals surface area contributed by atoms with Gasteiger partial charge in [-0.3, -0.25) is 0 Å². The number of sulfone groups is 1. The number of nitrogens with two attached hydrogens (primary N) is 1. The van der Waals surface area contributed by atoms with E-state index in [9.17, 15) is 26.0 Å². The lowest BCUT2D eigenvalue weighted by atomic mass is 10.1. The van der Waals surface area contributed by atoms with Gasteiger partial charge in [0.15, 0.2) is 14.9 Å². The van der Waals surface area contributed by atoms with E-state index in [1.807, 2.05) is 0 Å². The van der Waals surface area contributed by atoms with Gasteiger partial charge in [-0.1, -0.05) is 6.07 Å². The third kappa shape index (κ3) is 7.05. The number of hydrogen-bond donors (Lipinski definition) is 1. The first-order valence-corrected chi connectivity index (χ1v) is 11.1. The molecule has 0 bridgehead atoms. The second-order valence-electron chi connectivity index (χ2n) is 7.05. The molecule has 3 aromatic heterocycles. The van der Waals surface area contributed by atoms with Crippen LogP contribution in [0.2, 0.25) is 0 Å². The van der Waals surface area contributed by atoms with E-state index < -0.39 is 27.5 Å². The van der Waals surface area contributed by atoms with Crippen LogP contribution in [0.5, 0.6) is 0 Å². The van der Waals surface area contributed by atoms with Crippen molar-refractivity contribution in [3.8, 4) is 0 Å². The van der Waals surface area contributed by atoms with Crippen molar-refractivity contribution in [2.24, 2.45) is 5.73 Å². The summed E-state index contributed by atoms with van der Waals surface area (Å²) in [5.74, 6) is -0.520. The Labute approximate surface area is 212 Å². The number of alkyl halides is 3. The molecule has 0 saturated carbocycles. The zero-order valence-electron chi connectivity index (χ0n) is 18.0. The van der Waals surface area contributed by atoms with Gasteiger partial charge in [-0.2, -0.15) is 13.2 Å². The van der Waals surface area contributed by atoms with Gasteiger partial charge in [0.25, 0.3) is 0 Å². The molecule has 3 heterocycles. The van der Waals surface area contributed by atoms with Crippen molar-refractivity contribution in [3.63, 3.8) is 0 Å². The molecule has 0 aliphatic carbocycles. The number of allylic oxidation sites excluding steroid dienone is 1. The van der Waals surface area contributed by atoms with E-state index in [0.717, 1.165) is 12.3 Å². The highest BCUT2D eigenvalue weighted by molar-refractivity contribution is 7.90. The van der Waals surface area contributed by atoms with Crippen LogP contribution >= 0.6 is 37.2 Å². The molecule has 0 atom stereocenters. The van der Waals surface area contributed by atoms with E-state index in [2.05, 4.69) is 9.97 Å². The Bertz CT molecular complexity index is 1260. The summed E-state index contributed by atoms with van der Waals surface area (Å²) in [6.07, 6.45) is -0.926. The molecule has 0 amide bonds. The smallest absolute Gasteiger partial charge is 0.336 e. The third-order valence-corrected chi connectivity index (χ3v) is 5.79. The van der Waals surface area contributed by atoms with Gasteiger partial charge in [0, 0.05) is 36.7 Å². The lowest BCUT2D eigenvalue weighted by Crippen LogP contribution is -2.08. The third-order valence-electron chi connectivity index (χ3n) is 4.79. The Balaban J connectivity index is 0.00000363. The minimum atomic E-state index is -4.63. The molecule has 6 nitrogen and oxygen atoms in total. The highest BCUT2D eigenvalue weighted by Gasteiger charge is 2.33. The van der Waals surface area contributed by atoms with E-state index in [4.69, 9.17) is 5.73 Å². The average molecular weight is 566 g/mol. The predicted molar refractivity (Wildman–Crippen MR) is 130 cm³/mol. The summed E-state index contributed by atoms with van der Waals surface area (Å²) in [6.45, 7) is 1.46. The molecule has 0 aliphatic heterocycles. The second-order valence-corrected chi connectivity index (χ2v) is 9.02. The van der Waals surface area contributed by atoms with Crippen molar-refractivity contribution in [1.82, 2.24) is 14.5 Å². The molecule has 0 spiro atoms. The van der Waals surface area contributed by atoms with Crippen molar-refractivity contribution in [3.05, 3.63) is 64.9 Å². The summed E-state index contributed by atoms with van der Waals surface area (Å²) in [5.41, 5.74) is 6.31. The lowest BCUT2D eigenvalue weighted by Gasteiger charge is -2.08. The molecule has 190 valence electrons. The standard InChI is InChI=1S/C20H20F4N4O2S.3ClH/c1-12-15(9-13-3-6-18(26-10-13)31(2,29)30)19-16(28(12)11-14(21)7-8-25)4-5-17(27-19)20(22,23)24;;;/h3-7,10H,8-9,11,25H2,1-2H3;3*1H/b14-7-;;;. The van der Waals surface area contributed by atoms with Crippen LogP contribution in [-0.4, -0.2) is 35.8 Å². The minimum absolute atomic E-state index is 0. The van der Waals surface area contributed by atoms with Gasteiger partial charge in [0.05, 0.1) is 17.6 Å². The number of pyridine rings is 2. The van der Waals surface area contributed by atoms with Crippen LogP contribution in [0, 0.1) is 6.92 Å². The molecule has 0 radical (unpaired) electrons. The topological polar surface area (TPSA) is 90.9 Å². The normalized spacial score (nSPS) is 12.0. The Hall–Kier alpha value is -1.92. The molecule has 0 aliphatic rings. The summed E-state index contributed by atoms with van der Waals surface area (Å²) >= 11 is 0. The molecule has 0 aromatic carbocycles. The number of aromatic nitrogens is 3. The summed E-state index contributed by atoms with van der Waals surface area (Å²) in [6, 6.07) is 4.99. The maximum atomic E-state index is 14.2. The van der Waals surface area contributed by atoms with E-state index in [0.29, 0.717) is 22.3 Å². The molecule has 2 N–H and O–H groups in total. The van der Waals surface area contributed by atoms with Crippen LogP contribution in [0.4, 0.5) is 17.6 Å². The Morgan fingerprint density at radius 3 is 2.29 bits per heavy atom. The van der Waals surface area contributed by atoms with Crippen LogP contribution in [0.3, 0.4) is 0 Å². The molecule has 14 heteroatoms. The Kier molecular flexibility index (Phi) is 11.5. The zero-order valence-corrected chi connectivity index (χ0v) is 21.2. The molecule has 3 rings (SSSR count). The Morgan fingerprint density at radius 1 is 1.15 bits per heavy atom. The van der Waals surface area contributed by atoms with E-state index in [-0.39, 0.29) is 67.3 Å². The van der Waals surface area contributed by atoms with Crippen LogP contribution in [0.1, 0.15) is 22.5 Å². The number of halogens is 7. The van der Waals surface area contributed by atoms with Gasteiger partial charge in [-0.25, -0.2) is 22.8 Å². The molecule has 34 heavy (non-hydrogen) atoms. The molecule has 0 unspecified atom stereocenters. The summed E-state index contributed by atoms with van der Waals surface area (Å²) in [7, 11) is -3.48. The lowest BCUT2D eigenvalue weighted by molar-refractivity contribution is -0.140. The highest BCUT2D eigenvalue weighted by Crippen LogP contribution is 2.33. The first kappa shape index (κ1) is 32.1. The fraction of sp³-hybridized carbons (Fsp3) is 0.300. The largest absolute Gasteiger partial charge is 0.433 e. The molecular formula is C20H23Cl3F4N4O2S. The molecule has 0 saturated heterocycles. The highest BCUT2D eigenvalue weighted by atomic mass is 35.5. The maximum absolute atomic E-state index is 14.2. The van der Waals surface area contributed by atoms with Crippen molar-refractivity contribution < 1.29 is 26.0 Å². The van der Waals surface area contributed by atoms with Crippen molar-refractivity contribution in [2.75, 3.05) is 12.8 Å². The van der Waals surface area contributed by atoms with Crippen LogP contribution in [-0.2, 0) is 29.0 Å². The van der Waals surface area contributed by atoms with Gasteiger partial charge in [-0.05, 0) is 36.8 Å². The fourth-order valence-electron chi connectivity index (χ4n) is 3.26. The molecular weight excluding hydrogens is 543 g/mol. The Morgan fingerprint density at radius 2 is 1.79 bits per heavy atom. The number of nitrogens with zero attached hydrogens (tertiary/aromatic N) is 3. The van der Waals surface area contributed by atoms with Crippen molar-refractivity contribution in [2.45, 2.75) is 31.1 Å². The van der Waals surface area contributed by atoms with Gasteiger partial charge in [0.1, 0.15) is 11.5 Å². The van der Waals surface area contributed by atoms with E-state index in [1.54, 1.807) is 6.92 Å². The molecule has 0 fully saturated rings. The summed E-state index contributed by atoms with van der Waals surface area (Å²) < 4.78 is 78.6. The maximum Gasteiger partial charge on any atom is 0.433 e. The van der Waals surface area contributed by atoms with Gasteiger partial charge < -0.3 is 10.3 Å². The summed E-state index contributed by atoms with van der Waals surface area (Å²) in [4.78, 5) is 7.72. The van der Waals surface area contributed by atoms with E-state index >= 15 is 0 Å². The second kappa shape index (κ2) is 12.2. The SMILES string of the molecule is Cc1c(Cc2ccc(S(C)(=O)=O)nc2)c2nc(C(F)(F)F)ccc2n1C/C(F)=C/CN.Cl.Cl.Cl. The monoisotopic (exact) mass is 564 g/mol. The van der Waals surface area contributed by atoms with E-state index in [1.165, 1.54) is 35.0 Å². The van der Waals surface area contributed by atoms with Gasteiger partial charge >= 0.3 is 6.18 Å². The first-order valence-electron chi connectivity index (χ1n) is 9.17. The van der Waals surface area contributed by atoms with Gasteiger partial charge in [0.2, 0.25) is 0 Å². The van der Waals surface area contributed by atoms with Gasteiger partial charge in [-0.15, -0.1) is 37.2 Å². The summed E-state index contributed by atoms with van der Waals surface area (Å²) in [5, 5.41) is -0.109. The molecule has 3 aromatic rings. The quantitative estimate of drug-likeness (QED) is 0.433. The number of rotatable bonds is 6.